The fourth-order valence-electron chi connectivity index (χ4n) is 1.97. The Bertz CT molecular complexity index is 552. The van der Waals surface area contributed by atoms with E-state index in [1.165, 1.54) is 0 Å². The molecule has 1 aromatic heterocycles. The average molecular weight is 275 g/mol. The van der Waals surface area contributed by atoms with Gasteiger partial charge in [-0.05, 0) is 37.6 Å². The maximum Gasteiger partial charge on any atom is 0.161 e. The second kappa shape index (κ2) is 6.96. The van der Waals surface area contributed by atoms with Gasteiger partial charge < -0.3 is 15.2 Å². The third-order valence-electron chi connectivity index (χ3n) is 3.07. The Morgan fingerprint density at radius 2 is 2.10 bits per heavy atom. The lowest BCUT2D eigenvalue weighted by atomic mass is 10.1. The number of rotatable bonds is 7. The normalized spacial score (nSPS) is 10.6. The molecule has 0 saturated carbocycles. The Labute approximate surface area is 119 Å². The summed E-state index contributed by atoms with van der Waals surface area (Å²) < 4.78 is 13.0. The first-order valence-corrected chi connectivity index (χ1v) is 6.78. The Balaban J connectivity index is 2.08. The second-order valence-electron chi connectivity index (χ2n) is 4.52. The molecule has 0 aliphatic heterocycles. The number of aromatic nitrogens is 2. The van der Waals surface area contributed by atoms with Crippen molar-refractivity contribution in [1.82, 2.24) is 9.78 Å². The first-order chi connectivity index (χ1) is 9.76. The van der Waals surface area contributed by atoms with Crippen LogP contribution in [0.25, 0.3) is 0 Å². The van der Waals surface area contributed by atoms with Gasteiger partial charge in [-0.2, -0.15) is 5.10 Å². The lowest BCUT2D eigenvalue weighted by Gasteiger charge is -2.11. The zero-order valence-corrected chi connectivity index (χ0v) is 12.0. The molecule has 5 heteroatoms. The van der Waals surface area contributed by atoms with Gasteiger partial charge in [-0.3, -0.25) is 4.68 Å². The van der Waals surface area contributed by atoms with Crippen molar-refractivity contribution in [3.05, 3.63) is 41.7 Å². The molecule has 0 fully saturated rings. The zero-order chi connectivity index (χ0) is 14.4. The molecule has 108 valence electrons. The Morgan fingerprint density at radius 3 is 2.75 bits per heavy atom. The molecule has 0 aliphatic carbocycles. The van der Waals surface area contributed by atoms with Crippen LogP contribution in [-0.4, -0.2) is 23.4 Å². The van der Waals surface area contributed by atoms with Crippen molar-refractivity contribution in [3.63, 3.8) is 0 Å². The number of aryl methyl sites for hydroxylation is 1. The van der Waals surface area contributed by atoms with Gasteiger partial charge in [-0.25, -0.2) is 0 Å². The number of nitrogens with zero attached hydrogens (tertiary/aromatic N) is 2. The Kier molecular flexibility index (Phi) is 5.01. The van der Waals surface area contributed by atoms with Gasteiger partial charge in [0.25, 0.3) is 0 Å². The van der Waals surface area contributed by atoms with E-state index in [1.807, 2.05) is 35.3 Å². The molecule has 0 spiro atoms. The highest BCUT2D eigenvalue weighted by atomic mass is 16.5. The summed E-state index contributed by atoms with van der Waals surface area (Å²) in [5.41, 5.74) is 7.77. The molecule has 2 rings (SSSR count). The highest BCUT2D eigenvalue weighted by molar-refractivity contribution is 5.43. The highest BCUT2D eigenvalue weighted by Crippen LogP contribution is 2.28. The van der Waals surface area contributed by atoms with Crippen LogP contribution in [0, 0.1) is 0 Å². The smallest absolute Gasteiger partial charge is 0.161 e. The molecular weight excluding hydrogens is 254 g/mol. The van der Waals surface area contributed by atoms with Crippen LogP contribution in [0.4, 0.5) is 0 Å². The lowest BCUT2D eigenvalue weighted by Crippen LogP contribution is -2.03. The molecule has 0 atom stereocenters. The SMILES string of the molecule is CCn1cc(COc2cc(CCN)ccc2OC)cn1. The second-order valence-corrected chi connectivity index (χ2v) is 4.52. The predicted octanol–water partition coefficient (Wildman–Crippen LogP) is 1.99. The predicted molar refractivity (Wildman–Crippen MR) is 78.0 cm³/mol. The van der Waals surface area contributed by atoms with Crippen LogP contribution < -0.4 is 15.2 Å². The van der Waals surface area contributed by atoms with Gasteiger partial charge in [0, 0.05) is 18.3 Å². The molecule has 2 aromatic rings. The number of hydrogen-bond acceptors (Lipinski definition) is 4. The minimum atomic E-state index is 0.475. The van der Waals surface area contributed by atoms with Gasteiger partial charge in [-0.15, -0.1) is 0 Å². The zero-order valence-electron chi connectivity index (χ0n) is 12.0. The van der Waals surface area contributed by atoms with Gasteiger partial charge in [0.2, 0.25) is 0 Å². The largest absolute Gasteiger partial charge is 0.493 e. The molecule has 5 nitrogen and oxygen atoms in total. The number of benzene rings is 1. The molecule has 0 saturated heterocycles. The number of nitrogens with two attached hydrogens (primary N) is 1. The fraction of sp³-hybridized carbons (Fsp3) is 0.400. The molecule has 0 radical (unpaired) electrons. The Hall–Kier alpha value is -2.01. The number of methoxy groups -OCH3 is 1. The van der Waals surface area contributed by atoms with Crippen LogP contribution in [0.5, 0.6) is 11.5 Å². The van der Waals surface area contributed by atoms with E-state index in [1.54, 1.807) is 7.11 Å². The molecule has 1 aromatic carbocycles. The van der Waals surface area contributed by atoms with Gasteiger partial charge in [0.15, 0.2) is 11.5 Å². The van der Waals surface area contributed by atoms with Crippen molar-refractivity contribution in [2.75, 3.05) is 13.7 Å². The summed E-state index contributed by atoms with van der Waals surface area (Å²) in [6.07, 6.45) is 4.63. The molecule has 1 heterocycles. The summed E-state index contributed by atoms with van der Waals surface area (Å²) in [5, 5.41) is 4.23. The quantitative estimate of drug-likeness (QED) is 0.839. The van der Waals surface area contributed by atoms with E-state index < -0.39 is 0 Å². The maximum atomic E-state index is 5.84. The number of hydrogen-bond donors (Lipinski definition) is 1. The van der Waals surface area contributed by atoms with E-state index in [0.29, 0.717) is 13.2 Å². The van der Waals surface area contributed by atoms with E-state index in [0.717, 1.165) is 35.6 Å². The van der Waals surface area contributed by atoms with E-state index in [2.05, 4.69) is 12.0 Å². The summed E-state index contributed by atoms with van der Waals surface area (Å²) in [6, 6.07) is 5.90. The molecule has 0 aliphatic rings. The topological polar surface area (TPSA) is 62.3 Å². The molecule has 0 unspecified atom stereocenters. The standard InChI is InChI=1S/C15H21N3O2/c1-3-18-10-13(9-17-18)11-20-15-8-12(6-7-16)4-5-14(15)19-2/h4-5,8-10H,3,6-7,11,16H2,1-2H3. The number of ether oxygens (including phenoxy) is 2. The summed E-state index contributed by atoms with van der Waals surface area (Å²) in [4.78, 5) is 0. The third kappa shape index (κ3) is 3.51. The summed E-state index contributed by atoms with van der Waals surface area (Å²) in [5.74, 6) is 1.47. The van der Waals surface area contributed by atoms with Crippen molar-refractivity contribution in [2.24, 2.45) is 5.73 Å². The van der Waals surface area contributed by atoms with Crippen LogP contribution in [0.15, 0.2) is 30.6 Å². The summed E-state index contributed by atoms with van der Waals surface area (Å²) >= 11 is 0. The van der Waals surface area contributed by atoms with Crippen LogP contribution in [-0.2, 0) is 19.6 Å². The Morgan fingerprint density at radius 1 is 1.25 bits per heavy atom. The third-order valence-corrected chi connectivity index (χ3v) is 3.07. The minimum absolute atomic E-state index is 0.475. The monoisotopic (exact) mass is 275 g/mol. The van der Waals surface area contributed by atoms with Gasteiger partial charge in [0.1, 0.15) is 6.61 Å². The van der Waals surface area contributed by atoms with E-state index in [4.69, 9.17) is 15.2 Å². The van der Waals surface area contributed by atoms with Crippen molar-refractivity contribution in [3.8, 4) is 11.5 Å². The van der Waals surface area contributed by atoms with Crippen LogP contribution >= 0.6 is 0 Å². The molecule has 0 bridgehead atoms. The van der Waals surface area contributed by atoms with E-state index >= 15 is 0 Å². The van der Waals surface area contributed by atoms with E-state index in [-0.39, 0.29) is 0 Å². The summed E-state index contributed by atoms with van der Waals surface area (Å²) in [7, 11) is 1.64. The fourth-order valence-corrected chi connectivity index (χ4v) is 1.97. The van der Waals surface area contributed by atoms with Crippen molar-refractivity contribution >= 4 is 0 Å². The molecule has 2 N–H and O–H groups in total. The van der Waals surface area contributed by atoms with Crippen LogP contribution in [0.2, 0.25) is 0 Å². The van der Waals surface area contributed by atoms with Crippen LogP contribution in [0.1, 0.15) is 18.1 Å². The van der Waals surface area contributed by atoms with E-state index in [9.17, 15) is 0 Å². The molecular formula is C15H21N3O2. The lowest BCUT2D eigenvalue weighted by molar-refractivity contribution is 0.284. The van der Waals surface area contributed by atoms with Crippen molar-refractivity contribution < 1.29 is 9.47 Å². The average Bonchev–Trinajstić information content (AvgIpc) is 2.93. The first kappa shape index (κ1) is 14.4. The van der Waals surface area contributed by atoms with Gasteiger partial charge >= 0.3 is 0 Å². The highest BCUT2D eigenvalue weighted by Gasteiger charge is 2.07. The van der Waals surface area contributed by atoms with Crippen LogP contribution in [0.3, 0.4) is 0 Å². The first-order valence-electron chi connectivity index (χ1n) is 6.78. The van der Waals surface area contributed by atoms with Gasteiger partial charge in [-0.1, -0.05) is 6.07 Å². The molecule has 0 amide bonds. The van der Waals surface area contributed by atoms with Gasteiger partial charge in [0.05, 0.1) is 13.3 Å². The summed E-state index contributed by atoms with van der Waals surface area (Å²) in [6.45, 7) is 4.00. The maximum absolute atomic E-state index is 5.84. The molecule has 20 heavy (non-hydrogen) atoms. The van der Waals surface area contributed by atoms with Crippen molar-refractivity contribution in [1.29, 1.82) is 0 Å². The minimum Gasteiger partial charge on any atom is -0.493 e. The van der Waals surface area contributed by atoms with Crippen molar-refractivity contribution in [2.45, 2.75) is 26.5 Å².